The Morgan fingerprint density at radius 1 is 1.25 bits per heavy atom. The van der Waals surface area contributed by atoms with Crippen LogP contribution in [0.3, 0.4) is 0 Å². The van der Waals surface area contributed by atoms with Gasteiger partial charge in [0.05, 0.1) is 6.10 Å². The van der Waals surface area contributed by atoms with Crippen LogP contribution in [0.1, 0.15) is 38.2 Å². The van der Waals surface area contributed by atoms with Crippen molar-refractivity contribution in [2.75, 3.05) is 0 Å². The molecule has 1 fully saturated rings. The van der Waals surface area contributed by atoms with Crippen LogP contribution in [0.15, 0.2) is 41.6 Å². The molecule has 1 atom stereocenters. The average Bonchev–Trinajstić information content (AvgIpc) is 2.33. The molecule has 1 saturated carbocycles. The standard InChI is InChI=1S/C15H18O/c1-12(13-7-3-2-4-8-13)11-14-9-5-6-10-15(14)16/h2-4,7-8,15-16H,5-6,9-10H2,1H3/t11?,15-/m1/s1. The third kappa shape index (κ3) is 2.63. The van der Waals surface area contributed by atoms with Crippen molar-refractivity contribution >= 4 is 5.57 Å². The highest BCUT2D eigenvalue weighted by Gasteiger charge is 2.15. The minimum absolute atomic E-state index is 0.271. The van der Waals surface area contributed by atoms with Crippen molar-refractivity contribution in [1.29, 1.82) is 0 Å². The number of benzene rings is 1. The van der Waals surface area contributed by atoms with Crippen LogP contribution in [0.4, 0.5) is 0 Å². The fourth-order valence-electron chi connectivity index (χ4n) is 2.14. The predicted octanol–water partition coefficient (Wildman–Crippen LogP) is 3.55. The molecule has 1 aliphatic carbocycles. The molecule has 16 heavy (non-hydrogen) atoms. The van der Waals surface area contributed by atoms with Crippen molar-refractivity contribution in [3.63, 3.8) is 0 Å². The SMILES string of the molecule is CC(=C=C1CCCC[C@H]1O)c1ccccc1. The summed E-state index contributed by atoms with van der Waals surface area (Å²) in [4.78, 5) is 0. The second-order valence-corrected chi connectivity index (χ2v) is 4.40. The van der Waals surface area contributed by atoms with E-state index in [1.807, 2.05) is 18.2 Å². The molecule has 1 nitrogen and oxygen atoms in total. The maximum atomic E-state index is 9.85. The lowest BCUT2D eigenvalue weighted by atomic mass is 9.92. The minimum atomic E-state index is -0.271. The predicted molar refractivity (Wildman–Crippen MR) is 67.0 cm³/mol. The molecular formula is C15H18O. The van der Waals surface area contributed by atoms with E-state index in [9.17, 15) is 5.11 Å². The Morgan fingerprint density at radius 2 is 2.00 bits per heavy atom. The first kappa shape index (κ1) is 11.2. The van der Waals surface area contributed by atoms with Crippen LogP contribution in [0.25, 0.3) is 5.57 Å². The monoisotopic (exact) mass is 214 g/mol. The first-order valence-corrected chi connectivity index (χ1v) is 5.97. The van der Waals surface area contributed by atoms with Gasteiger partial charge in [-0.2, -0.15) is 0 Å². The Hall–Kier alpha value is -1.30. The Labute approximate surface area is 97.1 Å². The molecule has 0 spiro atoms. The van der Waals surface area contributed by atoms with E-state index < -0.39 is 0 Å². The van der Waals surface area contributed by atoms with Gasteiger partial charge in [-0.15, -0.1) is 5.73 Å². The highest BCUT2D eigenvalue weighted by atomic mass is 16.3. The van der Waals surface area contributed by atoms with Crippen LogP contribution < -0.4 is 0 Å². The average molecular weight is 214 g/mol. The van der Waals surface area contributed by atoms with Crippen molar-refractivity contribution < 1.29 is 5.11 Å². The highest BCUT2D eigenvalue weighted by molar-refractivity contribution is 5.63. The Kier molecular flexibility index (Phi) is 3.61. The van der Waals surface area contributed by atoms with Gasteiger partial charge in [0.15, 0.2) is 0 Å². The summed E-state index contributed by atoms with van der Waals surface area (Å²) in [6.45, 7) is 2.06. The van der Waals surface area contributed by atoms with Crippen molar-refractivity contribution in [3.05, 3.63) is 47.2 Å². The third-order valence-corrected chi connectivity index (χ3v) is 3.13. The second-order valence-electron chi connectivity index (χ2n) is 4.40. The van der Waals surface area contributed by atoms with E-state index in [-0.39, 0.29) is 6.10 Å². The van der Waals surface area contributed by atoms with Gasteiger partial charge in [0.2, 0.25) is 0 Å². The number of hydrogen-bond donors (Lipinski definition) is 1. The first-order chi connectivity index (χ1) is 7.77. The Bertz CT molecular complexity index is 410. The molecule has 0 radical (unpaired) electrons. The quantitative estimate of drug-likeness (QED) is 0.709. The summed E-state index contributed by atoms with van der Waals surface area (Å²) in [5.74, 6) is 0. The third-order valence-electron chi connectivity index (χ3n) is 3.13. The van der Waals surface area contributed by atoms with Gasteiger partial charge in [0.25, 0.3) is 0 Å². The molecule has 0 aliphatic heterocycles. The molecule has 1 aromatic carbocycles. The largest absolute Gasteiger partial charge is 0.388 e. The van der Waals surface area contributed by atoms with Crippen LogP contribution in [-0.4, -0.2) is 11.2 Å². The maximum absolute atomic E-state index is 9.85. The summed E-state index contributed by atoms with van der Waals surface area (Å²) in [5, 5.41) is 9.85. The van der Waals surface area contributed by atoms with E-state index in [0.717, 1.165) is 30.4 Å². The van der Waals surface area contributed by atoms with Crippen molar-refractivity contribution in [2.24, 2.45) is 0 Å². The van der Waals surface area contributed by atoms with Crippen LogP contribution in [0, 0.1) is 0 Å². The zero-order valence-corrected chi connectivity index (χ0v) is 9.74. The van der Waals surface area contributed by atoms with Gasteiger partial charge in [0.1, 0.15) is 0 Å². The van der Waals surface area contributed by atoms with Gasteiger partial charge in [-0.3, -0.25) is 0 Å². The molecule has 0 heterocycles. The molecule has 1 aliphatic rings. The second kappa shape index (κ2) is 5.16. The van der Waals surface area contributed by atoms with Gasteiger partial charge in [-0.1, -0.05) is 36.8 Å². The molecule has 1 heteroatoms. The normalized spacial score (nSPS) is 20.4. The molecular weight excluding hydrogens is 196 g/mol. The fraction of sp³-hybridized carbons (Fsp3) is 0.400. The lowest BCUT2D eigenvalue weighted by Gasteiger charge is -2.18. The summed E-state index contributed by atoms with van der Waals surface area (Å²) < 4.78 is 0. The molecule has 0 aromatic heterocycles. The number of hydrogen-bond acceptors (Lipinski definition) is 1. The summed E-state index contributed by atoms with van der Waals surface area (Å²) >= 11 is 0. The van der Waals surface area contributed by atoms with Crippen molar-refractivity contribution in [3.8, 4) is 0 Å². The van der Waals surface area contributed by atoms with Gasteiger partial charge in [0, 0.05) is 5.57 Å². The van der Waals surface area contributed by atoms with Crippen LogP contribution in [-0.2, 0) is 0 Å². The van der Waals surface area contributed by atoms with E-state index >= 15 is 0 Å². The van der Waals surface area contributed by atoms with E-state index in [1.165, 1.54) is 12.0 Å². The lowest BCUT2D eigenvalue weighted by Crippen LogP contribution is -2.14. The summed E-state index contributed by atoms with van der Waals surface area (Å²) in [6, 6.07) is 10.2. The smallest absolute Gasteiger partial charge is 0.0823 e. The van der Waals surface area contributed by atoms with Crippen molar-refractivity contribution in [1.82, 2.24) is 0 Å². The molecule has 1 aromatic rings. The number of rotatable bonds is 1. The molecule has 0 unspecified atom stereocenters. The molecule has 0 saturated heterocycles. The van der Waals surface area contributed by atoms with Gasteiger partial charge >= 0.3 is 0 Å². The summed E-state index contributed by atoms with van der Waals surface area (Å²) in [5.41, 5.74) is 6.75. The van der Waals surface area contributed by atoms with E-state index in [0.29, 0.717) is 0 Å². The fourth-order valence-corrected chi connectivity index (χ4v) is 2.14. The topological polar surface area (TPSA) is 20.2 Å². The van der Waals surface area contributed by atoms with E-state index in [4.69, 9.17) is 0 Å². The number of aliphatic hydroxyl groups excluding tert-OH is 1. The van der Waals surface area contributed by atoms with E-state index in [2.05, 4.69) is 24.8 Å². The molecule has 0 bridgehead atoms. The van der Waals surface area contributed by atoms with Crippen LogP contribution in [0.2, 0.25) is 0 Å². The lowest BCUT2D eigenvalue weighted by molar-refractivity contribution is 0.179. The van der Waals surface area contributed by atoms with Crippen LogP contribution in [0.5, 0.6) is 0 Å². The number of aliphatic hydroxyl groups is 1. The molecule has 84 valence electrons. The van der Waals surface area contributed by atoms with E-state index in [1.54, 1.807) is 0 Å². The Morgan fingerprint density at radius 3 is 2.69 bits per heavy atom. The zero-order valence-electron chi connectivity index (χ0n) is 9.74. The first-order valence-electron chi connectivity index (χ1n) is 5.97. The van der Waals surface area contributed by atoms with Gasteiger partial charge in [-0.05, 0) is 37.3 Å². The van der Waals surface area contributed by atoms with Gasteiger partial charge in [-0.25, -0.2) is 0 Å². The molecule has 0 amide bonds. The molecule has 2 rings (SSSR count). The summed E-state index contributed by atoms with van der Waals surface area (Å²) in [6.07, 6.45) is 3.93. The summed E-state index contributed by atoms with van der Waals surface area (Å²) in [7, 11) is 0. The Balaban J connectivity index is 2.31. The minimum Gasteiger partial charge on any atom is -0.388 e. The maximum Gasteiger partial charge on any atom is 0.0823 e. The molecule has 1 N–H and O–H groups in total. The van der Waals surface area contributed by atoms with Gasteiger partial charge < -0.3 is 5.11 Å². The van der Waals surface area contributed by atoms with Crippen molar-refractivity contribution in [2.45, 2.75) is 38.7 Å². The van der Waals surface area contributed by atoms with Crippen LogP contribution >= 0.6 is 0 Å². The highest BCUT2D eigenvalue weighted by Crippen LogP contribution is 2.24. The zero-order chi connectivity index (χ0) is 11.4.